The summed E-state index contributed by atoms with van der Waals surface area (Å²) in [5.74, 6) is 0.403. The van der Waals surface area contributed by atoms with Crippen LogP contribution in [0.3, 0.4) is 0 Å². The van der Waals surface area contributed by atoms with Gasteiger partial charge in [0.25, 0.3) is 0 Å². The molecule has 0 spiro atoms. The molecule has 1 rings (SSSR count). The topological polar surface area (TPSA) is 70.2 Å². The van der Waals surface area contributed by atoms with Crippen molar-refractivity contribution in [3.05, 3.63) is 0 Å². The normalized spacial score (nSPS) is 15.8. The number of nitrogens with one attached hydrogen (secondary N) is 3. The number of carbonyl (C=O) groups excluding carboxylic acids is 2. The van der Waals surface area contributed by atoms with Gasteiger partial charge in [0, 0.05) is 13.5 Å². The third kappa shape index (κ3) is 3.31. The molecule has 0 aromatic carbocycles. The summed E-state index contributed by atoms with van der Waals surface area (Å²) in [7, 11) is 1.49. The van der Waals surface area contributed by atoms with Crippen LogP contribution in [0.4, 0.5) is 4.79 Å². The number of carbonyl (C=O) groups is 2. The zero-order chi connectivity index (χ0) is 9.68. The predicted molar refractivity (Wildman–Crippen MR) is 47.7 cm³/mol. The van der Waals surface area contributed by atoms with Crippen molar-refractivity contribution in [3.8, 4) is 0 Å². The second kappa shape index (κ2) is 4.69. The van der Waals surface area contributed by atoms with Crippen LogP contribution in [-0.2, 0) is 4.79 Å². The standard InChI is InChI=1S/C8H15N3O2/c1-9-8(13)11-10-7(12)5-6-3-2-4-6/h6H,2-5H2,1H3,(H,10,12)(H2,9,11,13). The highest BCUT2D eigenvalue weighted by atomic mass is 16.2. The highest BCUT2D eigenvalue weighted by Crippen LogP contribution is 2.28. The van der Waals surface area contributed by atoms with Crippen molar-refractivity contribution in [2.24, 2.45) is 5.92 Å². The van der Waals surface area contributed by atoms with Gasteiger partial charge in [-0.25, -0.2) is 10.2 Å². The Morgan fingerprint density at radius 1 is 1.31 bits per heavy atom. The summed E-state index contributed by atoms with van der Waals surface area (Å²) in [6.45, 7) is 0. The summed E-state index contributed by atoms with van der Waals surface area (Å²) in [5.41, 5.74) is 4.57. The Morgan fingerprint density at radius 2 is 2.00 bits per heavy atom. The predicted octanol–water partition coefficient (Wildman–Crippen LogP) is 0.137. The van der Waals surface area contributed by atoms with E-state index in [0.717, 1.165) is 12.8 Å². The van der Waals surface area contributed by atoms with Gasteiger partial charge >= 0.3 is 6.03 Å². The number of hydrogen-bond acceptors (Lipinski definition) is 2. The van der Waals surface area contributed by atoms with Gasteiger partial charge in [-0.05, 0) is 18.8 Å². The molecule has 1 fully saturated rings. The number of amides is 3. The van der Waals surface area contributed by atoms with Crippen molar-refractivity contribution in [1.29, 1.82) is 0 Å². The smallest absolute Gasteiger partial charge is 0.333 e. The molecule has 5 nitrogen and oxygen atoms in total. The van der Waals surface area contributed by atoms with Crippen molar-refractivity contribution in [2.45, 2.75) is 25.7 Å². The first-order valence-corrected chi connectivity index (χ1v) is 4.49. The summed E-state index contributed by atoms with van der Waals surface area (Å²) in [6, 6.07) is -0.401. The Bertz CT molecular complexity index is 202. The van der Waals surface area contributed by atoms with Gasteiger partial charge in [0.1, 0.15) is 0 Å². The molecule has 74 valence electrons. The van der Waals surface area contributed by atoms with E-state index in [4.69, 9.17) is 0 Å². The monoisotopic (exact) mass is 185 g/mol. The first-order chi connectivity index (χ1) is 6.22. The van der Waals surface area contributed by atoms with Crippen LogP contribution in [0.1, 0.15) is 25.7 Å². The molecule has 0 bridgehead atoms. The van der Waals surface area contributed by atoms with Gasteiger partial charge in [-0.1, -0.05) is 6.42 Å². The third-order valence-corrected chi connectivity index (χ3v) is 2.24. The van der Waals surface area contributed by atoms with Crippen LogP contribution in [-0.4, -0.2) is 19.0 Å². The lowest BCUT2D eigenvalue weighted by Crippen LogP contribution is -2.46. The molecule has 0 heterocycles. The minimum atomic E-state index is -0.401. The molecule has 0 saturated heterocycles. The molecule has 0 unspecified atom stereocenters. The minimum Gasteiger partial charge on any atom is -0.340 e. The second-order valence-electron chi connectivity index (χ2n) is 3.25. The fourth-order valence-corrected chi connectivity index (χ4v) is 1.20. The van der Waals surface area contributed by atoms with E-state index >= 15 is 0 Å². The summed E-state index contributed by atoms with van der Waals surface area (Å²) < 4.78 is 0. The number of rotatable bonds is 2. The summed E-state index contributed by atoms with van der Waals surface area (Å²) in [5, 5.41) is 2.34. The average molecular weight is 185 g/mol. The fourth-order valence-electron chi connectivity index (χ4n) is 1.20. The van der Waals surface area contributed by atoms with E-state index in [9.17, 15) is 9.59 Å². The van der Waals surface area contributed by atoms with Crippen molar-refractivity contribution in [3.63, 3.8) is 0 Å². The van der Waals surface area contributed by atoms with Crippen molar-refractivity contribution in [2.75, 3.05) is 7.05 Å². The maximum absolute atomic E-state index is 11.1. The van der Waals surface area contributed by atoms with Crippen LogP contribution in [0.15, 0.2) is 0 Å². The highest BCUT2D eigenvalue weighted by molar-refractivity contribution is 5.81. The second-order valence-corrected chi connectivity index (χ2v) is 3.25. The molecule has 1 aliphatic carbocycles. The van der Waals surface area contributed by atoms with Gasteiger partial charge in [0.05, 0.1) is 0 Å². The fraction of sp³-hybridized carbons (Fsp3) is 0.750. The quantitative estimate of drug-likeness (QED) is 0.535. The van der Waals surface area contributed by atoms with Crippen LogP contribution in [0.5, 0.6) is 0 Å². The molecule has 1 aliphatic rings. The SMILES string of the molecule is CNC(=O)NNC(=O)CC1CCC1. The van der Waals surface area contributed by atoms with Crippen LogP contribution in [0, 0.1) is 5.92 Å². The van der Waals surface area contributed by atoms with Crippen LogP contribution in [0.25, 0.3) is 0 Å². The summed E-state index contributed by atoms with van der Waals surface area (Å²) in [6.07, 6.45) is 4.01. The van der Waals surface area contributed by atoms with Gasteiger partial charge in [0.15, 0.2) is 0 Å². The van der Waals surface area contributed by atoms with Gasteiger partial charge in [0.2, 0.25) is 5.91 Å². The van der Waals surface area contributed by atoms with Gasteiger partial charge in [-0.3, -0.25) is 10.2 Å². The zero-order valence-electron chi connectivity index (χ0n) is 7.72. The van der Waals surface area contributed by atoms with E-state index in [2.05, 4.69) is 16.2 Å². The van der Waals surface area contributed by atoms with E-state index in [1.165, 1.54) is 13.5 Å². The first kappa shape index (κ1) is 9.83. The van der Waals surface area contributed by atoms with Crippen molar-refractivity contribution < 1.29 is 9.59 Å². The molecule has 0 radical (unpaired) electrons. The highest BCUT2D eigenvalue weighted by Gasteiger charge is 2.20. The van der Waals surface area contributed by atoms with Crippen LogP contribution in [0.2, 0.25) is 0 Å². The van der Waals surface area contributed by atoms with Gasteiger partial charge < -0.3 is 5.32 Å². The Labute approximate surface area is 77.2 Å². The van der Waals surface area contributed by atoms with Gasteiger partial charge in [-0.15, -0.1) is 0 Å². The van der Waals surface area contributed by atoms with E-state index in [1.54, 1.807) is 0 Å². The molecule has 5 heteroatoms. The maximum atomic E-state index is 11.1. The Hall–Kier alpha value is -1.26. The zero-order valence-corrected chi connectivity index (χ0v) is 7.72. The van der Waals surface area contributed by atoms with E-state index in [0.29, 0.717) is 12.3 Å². The van der Waals surface area contributed by atoms with Crippen molar-refractivity contribution in [1.82, 2.24) is 16.2 Å². The lowest BCUT2D eigenvalue weighted by Gasteiger charge is -2.24. The lowest BCUT2D eigenvalue weighted by atomic mass is 9.83. The Morgan fingerprint density at radius 3 is 2.46 bits per heavy atom. The molecule has 1 saturated carbocycles. The number of urea groups is 1. The largest absolute Gasteiger partial charge is 0.340 e. The van der Waals surface area contributed by atoms with E-state index < -0.39 is 6.03 Å². The molecule has 0 atom stereocenters. The average Bonchev–Trinajstić information content (AvgIpc) is 2.07. The summed E-state index contributed by atoms with van der Waals surface area (Å²) in [4.78, 5) is 21.8. The third-order valence-electron chi connectivity index (χ3n) is 2.24. The lowest BCUT2D eigenvalue weighted by molar-refractivity contribution is -0.123. The molecular formula is C8H15N3O2. The Kier molecular flexibility index (Phi) is 3.54. The van der Waals surface area contributed by atoms with Crippen LogP contribution >= 0.6 is 0 Å². The Balaban J connectivity index is 2.06. The molecule has 0 aromatic rings. The van der Waals surface area contributed by atoms with E-state index in [-0.39, 0.29) is 5.91 Å². The number of hydrogen-bond donors (Lipinski definition) is 3. The first-order valence-electron chi connectivity index (χ1n) is 4.49. The van der Waals surface area contributed by atoms with Crippen LogP contribution < -0.4 is 16.2 Å². The van der Waals surface area contributed by atoms with E-state index in [1.807, 2.05) is 0 Å². The minimum absolute atomic E-state index is 0.117. The maximum Gasteiger partial charge on any atom is 0.333 e. The molecule has 3 N–H and O–H groups in total. The molecular weight excluding hydrogens is 170 g/mol. The molecule has 3 amide bonds. The molecule has 13 heavy (non-hydrogen) atoms. The number of hydrazine groups is 1. The van der Waals surface area contributed by atoms with Gasteiger partial charge in [-0.2, -0.15) is 0 Å². The molecule has 0 aromatic heterocycles. The summed E-state index contributed by atoms with van der Waals surface area (Å²) >= 11 is 0. The van der Waals surface area contributed by atoms with Crippen molar-refractivity contribution >= 4 is 11.9 Å². The molecule has 0 aliphatic heterocycles.